The molecule has 5 fully saturated rings. The van der Waals surface area contributed by atoms with Gasteiger partial charge in [0.15, 0.2) is 5.11 Å². The van der Waals surface area contributed by atoms with Crippen LogP contribution in [-0.2, 0) is 0 Å². The molecule has 0 unspecified atom stereocenters. The molecule has 1 aliphatic heterocycles. The molecule has 0 aromatic heterocycles. The van der Waals surface area contributed by atoms with Gasteiger partial charge in [0, 0.05) is 30.4 Å². The summed E-state index contributed by atoms with van der Waals surface area (Å²) in [4.78, 5) is 15.1. The van der Waals surface area contributed by atoms with Gasteiger partial charge in [-0.3, -0.25) is 0 Å². The van der Waals surface area contributed by atoms with Crippen LogP contribution in [0, 0.1) is 31.6 Å². The summed E-state index contributed by atoms with van der Waals surface area (Å²) in [6, 6.07) is 6.67. The average Bonchev–Trinajstić information content (AvgIpc) is 2.69. The molecule has 1 saturated heterocycles. The molecule has 1 aromatic rings. The first-order chi connectivity index (χ1) is 14.9. The van der Waals surface area contributed by atoms with Crippen LogP contribution >= 0.6 is 12.2 Å². The van der Waals surface area contributed by atoms with Crippen molar-refractivity contribution >= 4 is 29.0 Å². The maximum Gasteiger partial charge on any atom is 0.315 e. The number of benzene rings is 1. The fourth-order valence-electron chi connectivity index (χ4n) is 7.02. The van der Waals surface area contributed by atoms with Crippen molar-refractivity contribution in [1.82, 2.24) is 15.5 Å². The summed E-state index contributed by atoms with van der Waals surface area (Å²) in [6.07, 6.45) is 9.66. The molecule has 31 heavy (non-hydrogen) atoms. The molecule has 2 amide bonds. The summed E-state index contributed by atoms with van der Waals surface area (Å²) >= 11 is 5.67. The Morgan fingerprint density at radius 1 is 1.03 bits per heavy atom. The quantitative estimate of drug-likeness (QED) is 0.595. The van der Waals surface area contributed by atoms with Crippen LogP contribution in [0.1, 0.15) is 62.5 Å². The number of carbonyl (C=O) groups is 1. The number of nitrogens with zero attached hydrogens (tertiary/aromatic N) is 1. The molecule has 0 spiro atoms. The van der Waals surface area contributed by atoms with E-state index >= 15 is 0 Å². The number of amides is 2. The zero-order chi connectivity index (χ0) is 21.6. The maximum absolute atomic E-state index is 12.8. The molecule has 4 saturated carbocycles. The molecule has 168 valence electrons. The lowest BCUT2D eigenvalue weighted by atomic mass is 9.53. The molecule has 4 bridgehead atoms. The van der Waals surface area contributed by atoms with Crippen molar-refractivity contribution in [3.8, 4) is 0 Å². The highest BCUT2D eigenvalue weighted by atomic mass is 32.1. The Hall–Kier alpha value is -1.82. The van der Waals surface area contributed by atoms with Crippen LogP contribution in [0.4, 0.5) is 10.5 Å². The summed E-state index contributed by atoms with van der Waals surface area (Å²) in [5.74, 6) is 2.54. The molecular formula is C25H36N4OS. The number of urea groups is 1. The number of carbonyl (C=O) groups excluding carboxylic acids is 1. The number of anilines is 1. The minimum Gasteiger partial charge on any atom is -0.349 e. The van der Waals surface area contributed by atoms with Crippen LogP contribution in [-0.4, -0.2) is 40.7 Å². The molecule has 3 N–H and O–H groups in total. The lowest BCUT2D eigenvalue weighted by molar-refractivity contribution is -0.0137. The van der Waals surface area contributed by atoms with Crippen LogP contribution in [0.3, 0.4) is 0 Å². The van der Waals surface area contributed by atoms with Crippen molar-refractivity contribution in [3.05, 3.63) is 29.3 Å². The molecule has 1 aromatic carbocycles. The normalized spacial score (nSPS) is 32.1. The fraction of sp³-hybridized carbons (Fsp3) is 0.680. The number of hydrogen-bond acceptors (Lipinski definition) is 2. The number of thiocarbonyl (C=S) groups is 1. The summed E-state index contributed by atoms with van der Waals surface area (Å²) in [7, 11) is 0. The second-order valence-electron chi connectivity index (χ2n) is 10.8. The number of hydrogen-bond donors (Lipinski definition) is 3. The van der Waals surface area contributed by atoms with Gasteiger partial charge in [0.1, 0.15) is 0 Å². The van der Waals surface area contributed by atoms with E-state index in [1.54, 1.807) is 0 Å². The summed E-state index contributed by atoms with van der Waals surface area (Å²) in [5.41, 5.74) is 3.59. The summed E-state index contributed by atoms with van der Waals surface area (Å²) in [6.45, 7) is 5.94. The second-order valence-corrected chi connectivity index (χ2v) is 11.2. The van der Waals surface area contributed by atoms with Crippen LogP contribution in [0.2, 0.25) is 0 Å². The summed E-state index contributed by atoms with van der Waals surface area (Å²) in [5, 5.41) is 10.9. The third-order valence-electron chi connectivity index (χ3n) is 8.17. The lowest BCUT2D eigenvalue weighted by Gasteiger charge is -2.56. The fourth-order valence-corrected chi connectivity index (χ4v) is 7.31. The zero-order valence-corrected chi connectivity index (χ0v) is 19.7. The first-order valence-corrected chi connectivity index (χ1v) is 12.5. The number of likely N-dealkylation sites (tertiary alicyclic amines) is 1. The average molecular weight is 441 g/mol. The van der Waals surface area contributed by atoms with E-state index in [1.807, 2.05) is 0 Å². The molecule has 1 heterocycles. The number of piperidine rings is 1. The van der Waals surface area contributed by atoms with Gasteiger partial charge in [-0.15, -0.1) is 0 Å². The highest BCUT2D eigenvalue weighted by Gasteiger charge is 2.51. The third-order valence-corrected chi connectivity index (χ3v) is 8.53. The van der Waals surface area contributed by atoms with Crippen LogP contribution < -0.4 is 16.0 Å². The highest BCUT2D eigenvalue weighted by molar-refractivity contribution is 7.80. The first-order valence-electron chi connectivity index (χ1n) is 12.1. The van der Waals surface area contributed by atoms with Gasteiger partial charge in [0.2, 0.25) is 0 Å². The molecule has 5 nitrogen and oxygen atoms in total. The topological polar surface area (TPSA) is 56.4 Å². The molecular weight excluding hydrogens is 404 g/mol. The van der Waals surface area contributed by atoms with Gasteiger partial charge in [-0.05, 0) is 112 Å². The standard InChI is InChI=1S/C25H36N4OS/c1-16-3-4-17(2)22(9-16)27-24(31)29-7-5-21(6-8-29)26-23(30)28-25-13-18-10-19(14-25)12-20(11-18)15-25/h3-4,9,18-21H,5-8,10-15H2,1-2H3,(H,27,31)(H2,26,28,30). The van der Waals surface area contributed by atoms with Gasteiger partial charge >= 0.3 is 6.03 Å². The zero-order valence-electron chi connectivity index (χ0n) is 18.9. The van der Waals surface area contributed by atoms with Crippen molar-refractivity contribution in [2.24, 2.45) is 17.8 Å². The largest absolute Gasteiger partial charge is 0.349 e. The SMILES string of the molecule is Cc1ccc(C)c(NC(=S)N2CCC(NC(=O)NC34CC5CC(CC(C5)C3)C4)CC2)c1. The van der Waals surface area contributed by atoms with Gasteiger partial charge in [-0.1, -0.05) is 12.1 Å². The third kappa shape index (κ3) is 4.55. The molecule has 6 rings (SSSR count). The van der Waals surface area contributed by atoms with Crippen molar-refractivity contribution < 1.29 is 4.79 Å². The van der Waals surface area contributed by atoms with Gasteiger partial charge in [-0.25, -0.2) is 4.79 Å². The van der Waals surface area contributed by atoms with E-state index in [4.69, 9.17) is 12.2 Å². The van der Waals surface area contributed by atoms with Gasteiger partial charge in [-0.2, -0.15) is 0 Å². The van der Waals surface area contributed by atoms with Crippen molar-refractivity contribution in [1.29, 1.82) is 0 Å². The highest BCUT2D eigenvalue weighted by Crippen LogP contribution is 2.55. The first kappa shape index (κ1) is 21.0. The van der Waals surface area contributed by atoms with E-state index in [1.165, 1.54) is 49.7 Å². The van der Waals surface area contributed by atoms with E-state index in [9.17, 15) is 4.79 Å². The number of rotatable bonds is 3. The monoisotopic (exact) mass is 440 g/mol. The minimum absolute atomic E-state index is 0.0523. The second kappa shape index (κ2) is 8.27. The van der Waals surface area contributed by atoms with Gasteiger partial charge < -0.3 is 20.9 Å². The molecule has 0 radical (unpaired) electrons. The van der Waals surface area contributed by atoms with Crippen LogP contribution in [0.5, 0.6) is 0 Å². The van der Waals surface area contributed by atoms with E-state index in [-0.39, 0.29) is 17.6 Å². The van der Waals surface area contributed by atoms with E-state index in [0.717, 1.165) is 54.5 Å². The van der Waals surface area contributed by atoms with E-state index in [0.29, 0.717) is 0 Å². The molecule has 6 heteroatoms. The van der Waals surface area contributed by atoms with Crippen LogP contribution in [0.15, 0.2) is 18.2 Å². The molecule has 4 aliphatic carbocycles. The number of aryl methyl sites for hydroxylation is 2. The van der Waals surface area contributed by atoms with Gasteiger partial charge in [0.05, 0.1) is 0 Å². The Kier molecular flexibility index (Phi) is 5.61. The minimum atomic E-state index is 0.0523. The molecule has 5 aliphatic rings. The Morgan fingerprint density at radius 2 is 1.65 bits per heavy atom. The van der Waals surface area contributed by atoms with Crippen molar-refractivity contribution in [2.45, 2.75) is 76.8 Å². The number of nitrogens with one attached hydrogen (secondary N) is 3. The Labute approximate surface area is 191 Å². The van der Waals surface area contributed by atoms with E-state index in [2.05, 4.69) is 52.9 Å². The van der Waals surface area contributed by atoms with Crippen molar-refractivity contribution in [2.75, 3.05) is 18.4 Å². The Bertz CT molecular complexity index is 826. The Morgan fingerprint density at radius 3 is 2.26 bits per heavy atom. The van der Waals surface area contributed by atoms with E-state index < -0.39 is 0 Å². The Balaban J connectivity index is 1.10. The lowest BCUT2D eigenvalue weighted by Crippen LogP contribution is -2.62. The van der Waals surface area contributed by atoms with Gasteiger partial charge in [0.25, 0.3) is 0 Å². The maximum atomic E-state index is 12.8. The smallest absolute Gasteiger partial charge is 0.315 e. The van der Waals surface area contributed by atoms with Crippen LogP contribution in [0.25, 0.3) is 0 Å². The predicted molar refractivity (Wildman–Crippen MR) is 129 cm³/mol. The van der Waals surface area contributed by atoms with Crippen molar-refractivity contribution in [3.63, 3.8) is 0 Å². The predicted octanol–water partition coefficient (Wildman–Crippen LogP) is 4.73. The molecule has 0 atom stereocenters. The summed E-state index contributed by atoms with van der Waals surface area (Å²) < 4.78 is 0.